The Labute approximate surface area is 210 Å². The monoisotopic (exact) mass is 489 g/mol. The average molecular weight is 490 g/mol. The van der Waals surface area contributed by atoms with Crippen molar-refractivity contribution >= 4 is 23.0 Å². The molecule has 0 bridgehead atoms. The number of hydrogen-bond donors (Lipinski definition) is 0. The van der Waals surface area contributed by atoms with Crippen LogP contribution in [0, 0.1) is 0 Å². The SMILES string of the molecule is COCCN1C(=O)N(Cc2cccc(OC)c2)C(=O)C12CCN(Cc1cccc3nccnc13)CC2. The van der Waals surface area contributed by atoms with Crippen LogP contribution in [0.4, 0.5) is 4.79 Å². The molecule has 1 aromatic heterocycles. The van der Waals surface area contributed by atoms with Gasteiger partial charge in [-0.05, 0) is 42.2 Å². The third-order valence-corrected chi connectivity index (χ3v) is 7.27. The minimum absolute atomic E-state index is 0.123. The van der Waals surface area contributed by atoms with Gasteiger partial charge in [-0.3, -0.25) is 24.6 Å². The first-order valence-corrected chi connectivity index (χ1v) is 12.2. The van der Waals surface area contributed by atoms with Gasteiger partial charge < -0.3 is 14.4 Å². The Morgan fingerprint density at radius 2 is 1.75 bits per heavy atom. The number of para-hydroxylation sites is 1. The number of imide groups is 1. The fourth-order valence-electron chi connectivity index (χ4n) is 5.35. The zero-order chi connectivity index (χ0) is 25.1. The third-order valence-electron chi connectivity index (χ3n) is 7.27. The van der Waals surface area contributed by atoms with Gasteiger partial charge in [-0.25, -0.2) is 4.79 Å². The van der Waals surface area contributed by atoms with E-state index in [0.717, 1.165) is 28.7 Å². The molecule has 36 heavy (non-hydrogen) atoms. The number of rotatable bonds is 8. The molecule has 0 unspecified atom stereocenters. The van der Waals surface area contributed by atoms with Crippen molar-refractivity contribution < 1.29 is 19.1 Å². The number of carbonyl (C=O) groups is 2. The van der Waals surface area contributed by atoms with E-state index >= 15 is 0 Å². The van der Waals surface area contributed by atoms with Gasteiger partial charge in [0.05, 0.1) is 31.3 Å². The summed E-state index contributed by atoms with van der Waals surface area (Å²) in [7, 11) is 3.21. The summed E-state index contributed by atoms with van der Waals surface area (Å²) in [5, 5.41) is 0. The standard InChI is InChI=1S/C27H31N5O4/c1-35-16-15-32-26(34)31(18-20-5-3-7-22(17-20)36-2)25(33)27(32)9-13-30(14-10-27)19-21-6-4-8-23-24(21)29-12-11-28-23/h3-8,11-12,17H,9-10,13-16,18-19H2,1-2H3. The fraction of sp³-hybridized carbons (Fsp3) is 0.407. The van der Waals surface area contributed by atoms with Gasteiger partial charge in [-0.1, -0.05) is 24.3 Å². The molecular formula is C27H31N5O4. The lowest BCUT2D eigenvalue weighted by Gasteiger charge is -2.42. The molecule has 188 valence electrons. The summed E-state index contributed by atoms with van der Waals surface area (Å²) < 4.78 is 10.6. The van der Waals surface area contributed by atoms with Gasteiger partial charge in [0, 0.05) is 45.7 Å². The van der Waals surface area contributed by atoms with Crippen LogP contribution in [-0.4, -0.2) is 82.6 Å². The molecule has 0 saturated carbocycles. The lowest BCUT2D eigenvalue weighted by Crippen LogP contribution is -2.57. The summed E-state index contributed by atoms with van der Waals surface area (Å²) in [5.74, 6) is 0.575. The Balaban J connectivity index is 1.34. The maximum absolute atomic E-state index is 13.8. The van der Waals surface area contributed by atoms with E-state index in [1.165, 1.54) is 4.90 Å². The van der Waals surface area contributed by atoms with Crippen molar-refractivity contribution in [3.8, 4) is 5.75 Å². The number of methoxy groups -OCH3 is 2. The largest absolute Gasteiger partial charge is 0.497 e. The van der Waals surface area contributed by atoms with E-state index in [1.54, 1.807) is 31.5 Å². The Bertz CT molecular complexity index is 1250. The van der Waals surface area contributed by atoms with Crippen LogP contribution < -0.4 is 4.74 Å². The second kappa shape index (κ2) is 10.2. The molecule has 2 aromatic carbocycles. The number of ether oxygens (including phenoxy) is 2. The minimum atomic E-state index is -0.844. The Hall–Kier alpha value is -3.56. The molecule has 3 heterocycles. The van der Waals surface area contributed by atoms with E-state index < -0.39 is 5.54 Å². The van der Waals surface area contributed by atoms with Gasteiger partial charge in [0.1, 0.15) is 11.3 Å². The second-order valence-corrected chi connectivity index (χ2v) is 9.32. The number of hydrogen-bond acceptors (Lipinski definition) is 7. The molecule has 3 aromatic rings. The van der Waals surface area contributed by atoms with Crippen molar-refractivity contribution in [1.29, 1.82) is 0 Å². The van der Waals surface area contributed by atoms with Crippen LogP contribution in [-0.2, 0) is 22.6 Å². The lowest BCUT2D eigenvalue weighted by atomic mass is 9.85. The first kappa shape index (κ1) is 24.1. The van der Waals surface area contributed by atoms with Crippen LogP contribution in [0.1, 0.15) is 24.0 Å². The number of nitrogens with zero attached hydrogens (tertiary/aromatic N) is 5. The smallest absolute Gasteiger partial charge is 0.328 e. The Morgan fingerprint density at radius 1 is 0.972 bits per heavy atom. The Morgan fingerprint density at radius 3 is 2.53 bits per heavy atom. The highest BCUT2D eigenvalue weighted by Crippen LogP contribution is 2.38. The zero-order valence-electron chi connectivity index (χ0n) is 20.7. The van der Waals surface area contributed by atoms with Crippen LogP contribution in [0.3, 0.4) is 0 Å². The number of piperidine rings is 1. The molecule has 0 atom stereocenters. The van der Waals surface area contributed by atoms with Gasteiger partial charge in [0.25, 0.3) is 5.91 Å². The summed E-state index contributed by atoms with van der Waals surface area (Å²) in [4.78, 5) is 41.7. The molecule has 2 aliphatic rings. The van der Waals surface area contributed by atoms with E-state index in [0.29, 0.717) is 44.8 Å². The van der Waals surface area contributed by atoms with Crippen molar-refractivity contribution in [2.45, 2.75) is 31.5 Å². The Kier molecular flexibility index (Phi) is 6.84. The maximum Gasteiger partial charge on any atom is 0.328 e. The molecule has 2 saturated heterocycles. The maximum atomic E-state index is 13.8. The normalized spacial score (nSPS) is 17.9. The number of benzene rings is 2. The highest BCUT2D eigenvalue weighted by molar-refractivity contribution is 6.07. The summed E-state index contributed by atoms with van der Waals surface area (Å²) in [5.41, 5.74) is 2.90. The van der Waals surface area contributed by atoms with Crippen LogP contribution in [0.5, 0.6) is 5.75 Å². The van der Waals surface area contributed by atoms with Crippen LogP contribution in [0.25, 0.3) is 11.0 Å². The van der Waals surface area contributed by atoms with Gasteiger partial charge in [0.2, 0.25) is 0 Å². The number of likely N-dealkylation sites (tertiary alicyclic amines) is 1. The predicted molar refractivity (Wildman–Crippen MR) is 134 cm³/mol. The van der Waals surface area contributed by atoms with E-state index in [9.17, 15) is 9.59 Å². The molecule has 5 rings (SSSR count). The highest BCUT2D eigenvalue weighted by Gasteiger charge is 2.57. The molecular weight excluding hydrogens is 458 g/mol. The second-order valence-electron chi connectivity index (χ2n) is 9.32. The molecule has 0 radical (unpaired) electrons. The molecule has 2 aliphatic heterocycles. The van der Waals surface area contributed by atoms with Crippen LogP contribution in [0.15, 0.2) is 54.9 Å². The zero-order valence-corrected chi connectivity index (χ0v) is 20.7. The van der Waals surface area contributed by atoms with Crippen molar-refractivity contribution in [2.75, 3.05) is 40.5 Å². The minimum Gasteiger partial charge on any atom is -0.497 e. The first-order valence-electron chi connectivity index (χ1n) is 12.2. The summed E-state index contributed by atoms with van der Waals surface area (Å²) in [6, 6.07) is 13.3. The van der Waals surface area contributed by atoms with Crippen molar-refractivity contribution in [3.05, 3.63) is 66.0 Å². The molecule has 0 N–H and O–H groups in total. The topological polar surface area (TPSA) is 88.1 Å². The van der Waals surface area contributed by atoms with Gasteiger partial charge in [-0.2, -0.15) is 0 Å². The first-order chi connectivity index (χ1) is 17.6. The number of carbonyl (C=O) groups excluding carboxylic acids is 2. The number of amides is 3. The van der Waals surface area contributed by atoms with Gasteiger partial charge in [0.15, 0.2) is 0 Å². The third kappa shape index (κ3) is 4.40. The van der Waals surface area contributed by atoms with Crippen molar-refractivity contribution in [1.82, 2.24) is 24.7 Å². The van der Waals surface area contributed by atoms with Crippen molar-refractivity contribution in [3.63, 3.8) is 0 Å². The van der Waals surface area contributed by atoms with Crippen LogP contribution in [0.2, 0.25) is 0 Å². The van der Waals surface area contributed by atoms with E-state index in [1.807, 2.05) is 36.4 Å². The highest BCUT2D eigenvalue weighted by atomic mass is 16.5. The number of aromatic nitrogens is 2. The van der Waals surface area contributed by atoms with Gasteiger partial charge >= 0.3 is 6.03 Å². The molecule has 0 aliphatic carbocycles. The average Bonchev–Trinajstić information content (AvgIpc) is 3.10. The number of urea groups is 1. The molecule has 9 nitrogen and oxygen atoms in total. The van der Waals surface area contributed by atoms with Crippen molar-refractivity contribution in [2.24, 2.45) is 0 Å². The molecule has 1 spiro atoms. The van der Waals surface area contributed by atoms with E-state index in [2.05, 4.69) is 20.9 Å². The molecule has 9 heteroatoms. The summed E-state index contributed by atoms with van der Waals surface area (Å²) in [6.45, 7) is 3.11. The molecule has 2 fully saturated rings. The van der Waals surface area contributed by atoms with E-state index in [4.69, 9.17) is 9.47 Å². The molecule has 3 amide bonds. The quantitative estimate of drug-likeness (QED) is 0.450. The van der Waals surface area contributed by atoms with Crippen LogP contribution >= 0.6 is 0 Å². The number of fused-ring (bicyclic) bond motifs is 1. The summed E-state index contributed by atoms with van der Waals surface area (Å²) in [6.07, 6.45) is 4.56. The van der Waals surface area contributed by atoms with Gasteiger partial charge in [-0.15, -0.1) is 0 Å². The summed E-state index contributed by atoms with van der Waals surface area (Å²) >= 11 is 0. The van der Waals surface area contributed by atoms with E-state index in [-0.39, 0.29) is 18.5 Å². The predicted octanol–water partition coefficient (Wildman–Crippen LogP) is 3.08. The fourth-order valence-corrected chi connectivity index (χ4v) is 5.35. The lowest BCUT2D eigenvalue weighted by molar-refractivity contribution is -0.136.